The van der Waals surface area contributed by atoms with Gasteiger partial charge in [-0.1, -0.05) is 0 Å². The zero-order valence-electron chi connectivity index (χ0n) is 11.0. The second-order valence-electron chi connectivity index (χ2n) is 3.43. The fourth-order valence-electron chi connectivity index (χ4n) is 1.06. The number of hydrogen-bond acceptors (Lipinski definition) is 5. The minimum Gasteiger partial charge on any atom is -0.379 e. The van der Waals surface area contributed by atoms with Crippen LogP contribution in [0.15, 0.2) is 0 Å². The zero-order valence-corrected chi connectivity index (χ0v) is 11.0. The lowest BCUT2D eigenvalue weighted by Crippen LogP contribution is -2.30. The van der Waals surface area contributed by atoms with Crippen LogP contribution in [-0.2, 0) is 23.8 Å². The highest BCUT2D eigenvalue weighted by Gasteiger charge is 1.99. The number of hydrogen-bond donors (Lipinski definition) is 2. The van der Waals surface area contributed by atoms with Crippen LogP contribution in [0.25, 0.3) is 0 Å². The number of nitrogens with one attached hydrogen (secondary N) is 2. The van der Waals surface area contributed by atoms with Crippen molar-refractivity contribution in [2.75, 3.05) is 53.7 Å². The van der Waals surface area contributed by atoms with Gasteiger partial charge in [0.1, 0.15) is 6.61 Å². The van der Waals surface area contributed by atoms with Gasteiger partial charge in [0.05, 0.1) is 26.4 Å². The molecule has 0 heterocycles. The van der Waals surface area contributed by atoms with Gasteiger partial charge in [-0.3, -0.25) is 9.59 Å². The Bertz CT molecular complexity index is 235. The van der Waals surface area contributed by atoms with Crippen molar-refractivity contribution in [3.63, 3.8) is 0 Å². The molecular weight excluding hydrogens is 240 g/mol. The topological polar surface area (TPSA) is 85.9 Å². The normalized spacial score (nSPS) is 10.1. The van der Waals surface area contributed by atoms with E-state index in [1.807, 2.05) is 0 Å². The molecule has 0 radical (unpaired) electrons. The molecule has 0 aliphatic rings. The number of methoxy groups -OCH3 is 1. The molecule has 0 fully saturated rings. The summed E-state index contributed by atoms with van der Waals surface area (Å²) >= 11 is 0. The largest absolute Gasteiger partial charge is 0.379 e. The Labute approximate surface area is 107 Å². The van der Waals surface area contributed by atoms with Crippen LogP contribution >= 0.6 is 0 Å². The van der Waals surface area contributed by atoms with Gasteiger partial charge >= 0.3 is 0 Å². The zero-order chi connectivity index (χ0) is 13.6. The maximum absolute atomic E-state index is 11.0. The van der Waals surface area contributed by atoms with Crippen LogP contribution in [0.2, 0.25) is 0 Å². The quantitative estimate of drug-likeness (QED) is 0.463. The van der Waals surface area contributed by atoms with E-state index in [1.54, 1.807) is 7.05 Å². The van der Waals surface area contributed by atoms with Crippen LogP contribution in [0.5, 0.6) is 0 Å². The van der Waals surface area contributed by atoms with E-state index < -0.39 is 0 Å². The van der Waals surface area contributed by atoms with Crippen molar-refractivity contribution in [2.24, 2.45) is 0 Å². The highest BCUT2D eigenvalue weighted by Crippen LogP contribution is 1.83. The van der Waals surface area contributed by atoms with E-state index in [1.165, 1.54) is 7.11 Å². The SMILES string of the molecule is CNC(=O)CCOCCOCCNC(=O)COC. The van der Waals surface area contributed by atoms with Gasteiger partial charge in [-0.2, -0.15) is 0 Å². The first-order chi connectivity index (χ1) is 8.70. The monoisotopic (exact) mass is 262 g/mol. The van der Waals surface area contributed by atoms with Gasteiger partial charge in [0.25, 0.3) is 0 Å². The van der Waals surface area contributed by atoms with E-state index in [0.29, 0.717) is 39.4 Å². The van der Waals surface area contributed by atoms with Crippen molar-refractivity contribution in [1.29, 1.82) is 0 Å². The average molecular weight is 262 g/mol. The molecule has 0 aliphatic carbocycles. The molecule has 0 aromatic rings. The third kappa shape index (κ3) is 11.3. The van der Waals surface area contributed by atoms with Crippen LogP contribution in [0.4, 0.5) is 0 Å². The van der Waals surface area contributed by atoms with Gasteiger partial charge in [-0.05, 0) is 0 Å². The van der Waals surface area contributed by atoms with Crippen molar-refractivity contribution in [3.05, 3.63) is 0 Å². The van der Waals surface area contributed by atoms with E-state index >= 15 is 0 Å². The molecule has 0 aliphatic heterocycles. The van der Waals surface area contributed by atoms with E-state index in [-0.39, 0.29) is 18.4 Å². The third-order valence-electron chi connectivity index (χ3n) is 1.97. The lowest BCUT2D eigenvalue weighted by molar-refractivity contribution is -0.125. The van der Waals surface area contributed by atoms with Crippen LogP contribution in [-0.4, -0.2) is 65.6 Å². The average Bonchev–Trinajstić information content (AvgIpc) is 2.36. The number of amides is 2. The van der Waals surface area contributed by atoms with Gasteiger partial charge in [0, 0.05) is 27.1 Å². The van der Waals surface area contributed by atoms with Gasteiger partial charge < -0.3 is 24.8 Å². The van der Waals surface area contributed by atoms with Gasteiger partial charge in [0.15, 0.2) is 0 Å². The fraction of sp³-hybridized carbons (Fsp3) is 0.818. The summed E-state index contributed by atoms with van der Waals surface area (Å²) in [5.41, 5.74) is 0. The van der Waals surface area contributed by atoms with Crippen LogP contribution in [0.1, 0.15) is 6.42 Å². The number of carbonyl (C=O) groups excluding carboxylic acids is 2. The first-order valence-electron chi connectivity index (χ1n) is 5.82. The highest BCUT2D eigenvalue weighted by atomic mass is 16.5. The lowest BCUT2D eigenvalue weighted by Gasteiger charge is -2.06. The summed E-state index contributed by atoms with van der Waals surface area (Å²) in [5.74, 6) is -0.209. The molecule has 7 heteroatoms. The number of carbonyl (C=O) groups is 2. The van der Waals surface area contributed by atoms with E-state index in [4.69, 9.17) is 9.47 Å². The Morgan fingerprint density at radius 3 is 2.28 bits per heavy atom. The summed E-state index contributed by atoms with van der Waals surface area (Å²) in [6, 6.07) is 0. The van der Waals surface area contributed by atoms with Crippen molar-refractivity contribution < 1.29 is 23.8 Å². The maximum atomic E-state index is 11.0. The number of rotatable bonds is 11. The summed E-state index contributed by atoms with van der Waals surface area (Å²) in [7, 11) is 3.05. The molecule has 0 spiro atoms. The molecule has 18 heavy (non-hydrogen) atoms. The van der Waals surface area contributed by atoms with Crippen LogP contribution in [0.3, 0.4) is 0 Å². The van der Waals surface area contributed by atoms with Gasteiger partial charge in [-0.15, -0.1) is 0 Å². The standard InChI is InChI=1S/C11H22N2O5/c1-12-10(14)3-5-17-7-8-18-6-4-13-11(15)9-16-2/h3-9H2,1-2H3,(H,12,14)(H,13,15). The summed E-state index contributed by atoms with van der Waals surface area (Å²) in [6.07, 6.45) is 0.351. The second kappa shape index (κ2) is 12.3. The molecule has 0 aromatic heterocycles. The molecule has 0 bridgehead atoms. The molecule has 7 nitrogen and oxygen atoms in total. The minimum absolute atomic E-state index is 0.0447. The molecule has 0 saturated heterocycles. The summed E-state index contributed by atoms with van der Waals surface area (Å²) in [4.78, 5) is 21.8. The summed E-state index contributed by atoms with van der Waals surface area (Å²) in [5, 5.41) is 5.13. The Morgan fingerprint density at radius 2 is 1.67 bits per heavy atom. The van der Waals surface area contributed by atoms with Crippen LogP contribution < -0.4 is 10.6 Å². The molecule has 0 rings (SSSR count). The molecule has 0 aromatic carbocycles. The van der Waals surface area contributed by atoms with E-state index in [0.717, 1.165) is 0 Å². The Kier molecular flexibility index (Phi) is 11.5. The maximum Gasteiger partial charge on any atom is 0.246 e. The van der Waals surface area contributed by atoms with Crippen molar-refractivity contribution in [1.82, 2.24) is 10.6 Å². The van der Waals surface area contributed by atoms with E-state index in [9.17, 15) is 9.59 Å². The molecule has 2 amide bonds. The van der Waals surface area contributed by atoms with E-state index in [2.05, 4.69) is 15.4 Å². The molecule has 106 valence electrons. The number of ether oxygens (including phenoxy) is 3. The van der Waals surface area contributed by atoms with Gasteiger partial charge in [0.2, 0.25) is 11.8 Å². The summed E-state index contributed by atoms with van der Waals surface area (Å²) in [6.45, 7) is 2.18. The second-order valence-corrected chi connectivity index (χ2v) is 3.43. The lowest BCUT2D eigenvalue weighted by atomic mass is 10.4. The Morgan fingerprint density at radius 1 is 1.00 bits per heavy atom. The predicted octanol–water partition coefficient (Wildman–Crippen LogP) is -1.08. The van der Waals surface area contributed by atoms with Crippen molar-refractivity contribution in [2.45, 2.75) is 6.42 Å². The first-order valence-corrected chi connectivity index (χ1v) is 5.82. The van der Waals surface area contributed by atoms with Gasteiger partial charge in [-0.25, -0.2) is 0 Å². The molecule has 0 saturated carbocycles. The Hall–Kier alpha value is -1.18. The first kappa shape index (κ1) is 16.8. The third-order valence-corrected chi connectivity index (χ3v) is 1.97. The molecular formula is C11H22N2O5. The minimum atomic E-state index is -0.164. The van der Waals surface area contributed by atoms with Crippen LogP contribution in [0, 0.1) is 0 Å². The smallest absolute Gasteiger partial charge is 0.246 e. The molecule has 2 N–H and O–H groups in total. The molecule has 0 atom stereocenters. The van der Waals surface area contributed by atoms with Crippen molar-refractivity contribution in [3.8, 4) is 0 Å². The highest BCUT2D eigenvalue weighted by molar-refractivity contribution is 5.77. The summed E-state index contributed by atoms with van der Waals surface area (Å²) < 4.78 is 15.0. The molecule has 0 unspecified atom stereocenters. The Balaban J connectivity index is 3.12. The predicted molar refractivity (Wildman–Crippen MR) is 65.2 cm³/mol. The fourth-order valence-corrected chi connectivity index (χ4v) is 1.06. The van der Waals surface area contributed by atoms with Crippen molar-refractivity contribution >= 4 is 11.8 Å².